The molecule has 0 bridgehead atoms. The van der Waals surface area contributed by atoms with E-state index in [9.17, 15) is 4.79 Å². The van der Waals surface area contributed by atoms with Gasteiger partial charge in [0.1, 0.15) is 18.1 Å². The summed E-state index contributed by atoms with van der Waals surface area (Å²) in [7, 11) is 0. The minimum atomic E-state index is -0.108. The molecule has 2 aromatic rings. The van der Waals surface area contributed by atoms with Crippen LogP contribution < -0.4 is 10.5 Å². The van der Waals surface area contributed by atoms with Gasteiger partial charge in [-0.15, -0.1) is 0 Å². The van der Waals surface area contributed by atoms with Crippen LogP contribution in [0.25, 0.3) is 0 Å². The van der Waals surface area contributed by atoms with Crippen molar-refractivity contribution in [1.82, 2.24) is 4.90 Å². The van der Waals surface area contributed by atoms with Crippen LogP contribution in [0.5, 0.6) is 5.75 Å². The van der Waals surface area contributed by atoms with Gasteiger partial charge >= 0.3 is 0 Å². The summed E-state index contributed by atoms with van der Waals surface area (Å²) in [5, 5.41) is 0. The maximum absolute atomic E-state index is 12.2. The van der Waals surface area contributed by atoms with Gasteiger partial charge in [-0.3, -0.25) is 4.79 Å². The average molecular weight is 365 g/mol. The summed E-state index contributed by atoms with van der Waals surface area (Å²) in [6.07, 6.45) is 0.839. The highest BCUT2D eigenvalue weighted by Crippen LogP contribution is 2.19. The highest BCUT2D eigenvalue weighted by molar-refractivity contribution is 9.10. The van der Waals surface area contributed by atoms with Crippen LogP contribution in [0.1, 0.15) is 22.7 Å². The van der Waals surface area contributed by atoms with Crippen LogP contribution in [-0.2, 0) is 6.61 Å². The Morgan fingerprint density at radius 1 is 1.32 bits per heavy atom. The van der Waals surface area contributed by atoms with Crippen molar-refractivity contribution < 1.29 is 13.9 Å². The second-order valence-corrected chi connectivity index (χ2v) is 6.22. The number of furan rings is 1. The summed E-state index contributed by atoms with van der Waals surface area (Å²) >= 11 is 3.37. The number of hydrogen-bond donors (Lipinski definition) is 1. The SMILES string of the molecule is N[C@@H]1CCN(C(=O)c2ccc(COc3ccc(Br)cc3)o2)C1. The Labute approximate surface area is 137 Å². The van der Waals surface area contributed by atoms with Crippen LogP contribution >= 0.6 is 15.9 Å². The molecule has 2 heterocycles. The van der Waals surface area contributed by atoms with Gasteiger partial charge in [0.15, 0.2) is 5.76 Å². The molecule has 0 unspecified atom stereocenters. The maximum Gasteiger partial charge on any atom is 0.289 e. The Morgan fingerprint density at radius 3 is 2.77 bits per heavy atom. The second kappa shape index (κ2) is 6.54. The molecule has 5 nitrogen and oxygen atoms in total. The summed E-state index contributed by atoms with van der Waals surface area (Å²) in [5.41, 5.74) is 5.82. The Bertz CT molecular complexity index is 654. The van der Waals surface area contributed by atoms with Gasteiger partial charge in [0.05, 0.1) is 0 Å². The van der Waals surface area contributed by atoms with Crippen molar-refractivity contribution in [2.75, 3.05) is 13.1 Å². The Morgan fingerprint density at radius 2 is 2.09 bits per heavy atom. The lowest BCUT2D eigenvalue weighted by molar-refractivity contribution is 0.0755. The Hall–Kier alpha value is -1.79. The first-order valence-electron chi connectivity index (χ1n) is 7.14. The lowest BCUT2D eigenvalue weighted by Gasteiger charge is -2.13. The average Bonchev–Trinajstić information content (AvgIpc) is 3.15. The summed E-state index contributed by atoms with van der Waals surface area (Å²) in [6.45, 7) is 1.56. The van der Waals surface area contributed by atoms with Gasteiger partial charge in [-0.1, -0.05) is 15.9 Å². The highest BCUT2D eigenvalue weighted by atomic mass is 79.9. The third kappa shape index (κ3) is 3.51. The van der Waals surface area contributed by atoms with E-state index in [4.69, 9.17) is 14.9 Å². The van der Waals surface area contributed by atoms with E-state index >= 15 is 0 Å². The number of halogens is 1. The second-order valence-electron chi connectivity index (χ2n) is 5.31. The maximum atomic E-state index is 12.2. The first-order chi connectivity index (χ1) is 10.6. The standard InChI is InChI=1S/C16H17BrN2O3/c17-11-1-3-13(4-2-11)21-10-14-5-6-15(22-14)16(20)19-8-7-12(18)9-19/h1-6,12H,7-10,18H2/t12-/m1/s1. The lowest BCUT2D eigenvalue weighted by Crippen LogP contribution is -2.31. The zero-order chi connectivity index (χ0) is 15.5. The summed E-state index contributed by atoms with van der Waals surface area (Å²) in [6, 6.07) is 11.1. The van der Waals surface area contributed by atoms with Crippen LogP contribution in [-0.4, -0.2) is 29.9 Å². The van der Waals surface area contributed by atoms with Crippen molar-refractivity contribution in [2.45, 2.75) is 19.1 Å². The van der Waals surface area contributed by atoms with Crippen molar-refractivity contribution in [3.05, 3.63) is 52.4 Å². The molecule has 116 valence electrons. The molecule has 1 aliphatic heterocycles. The van der Waals surface area contributed by atoms with Gasteiger partial charge in [0.2, 0.25) is 0 Å². The molecule has 6 heteroatoms. The summed E-state index contributed by atoms with van der Waals surface area (Å²) in [5.74, 6) is 1.60. The van der Waals surface area contributed by atoms with Gasteiger partial charge in [-0.2, -0.15) is 0 Å². The first kappa shape index (κ1) is 15.1. The minimum Gasteiger partial charge on any atom is -0.486 e. The van der Waals surface area contributed by atoms with E-state index in [0.29, 0.717) is 24.6 Å². The van der Waals surface area contributed by atoms with Crippen molar-refractivity contribution in [3.63, 3.8) is 0 Å². The third-order valence-corrected chi connectivity index (χ3v) is 4.11. The molecule has 1 fully saturated rings. The Kier molecular flexibility index (Phi) is 4.49. The number of nitrogens with zero attached hydrogens (tertiary/aromatic N) is 1. The predicted octanol–water partition coefficient (Wildman–Crippen LogP) is 2.79. The number of hydrogen-bond acceptors (Lipinski definition) is 4. The molecule has 2 N–H and O–H groups in total. The van der Waals surface area contributed by atoms with Crippen LogP contribution in [0.2, 0.25) is 0 Å². The van der Waals surface area contributed by atoms with Crippen LogP contribution in [0.4, 0.5) is 0 Å². The van der Waals surface area contributed by atoms with Gasteiger partial charge in [0, 0.05) is 23.6 Å². The minimum absolute atomic E-state index is 0.0686. The molecule has 1 aromatic heterocycles. The molecule has 0 spiro atoms. The number of carbonyl (C=O) groups excluding carboxylic acids is 1. The number of nitrogens with two attached hydrogens (primary N) is 1. The number of carbonyl (C=O) groups is 1. The van der Waals surface area contributed by atoms with Crippen LogP contribution in [0.15, 0.2) is 45.3 Å². The molecule has 1 amide bonds. The van der Waals surface area contributed by atoms with Gasteiger partial charge < -0.3 is 19.8 Å². The molecule has 1 atom stereocenters. The molecule has 0 radical (unpaired) electrons. The predicted molar refractivity (Wildman–Crippen MR) is 85.7 cm³/mol. The fourth-order valence-electron chi connectivity index (χ4n) is 2.38. The molecular formula is C16H17BrN2O3. The van der Waals surface area contributed by atoms with E-state index in [2.05, 4.69) is 15.9 Å². The van der Waals surface area contributed by atoms with E-state index in [1.54, 1.807) is 17.0 Å². The molecule has 3 rings (SSSR count). The van der Waals surface area contributed by atoms with E-state index in [1.807, 2.05) is 24.3 Å². The van der Waals surface area contributed by atoms with Crippen molar-refractivity contribution in [1.29, 1.82) is 0 Å². The normalized spacial score (nSPS) is 17.7. The highest BCUT2D eigenvalue weighted by Gasteiger charge is 2.26. The third-order valence-electron chi connectivity index (χ3n) is 3.58. The zero-order valence-corrected chi connectivity index (χ0v) is 13.6. The van der Waals surface area contributed by atoms with Crippen LogP contribution in [0.3, 0.4) is 0 Å². The van der Waals surface area contributed by atoms with E-state index in [1.165, 1.54) is 0 Å². The number of amides is 1. The first-order valence-corrected chi connectivity index (χ1v) is 7.93. The quantitative estimate of drug-likeness (QED) is 0.905. The Balaban J connectivity index is 1.59. The molecule has 0 aliphatic carbocycles. The van der Waals surface area contributed by atoms with E-state index < -0.39 is 0 Å². The number of ether oxygens (including phenoxy) is 1. The zero-order valence-electron chi connectivity index (χ0n) is 12.0. The molecule has 0 saturated carbocycles. The molecule has 1 aliphatic rings. The van der Waals surface area contributed by atoms with Crippen molar-refractivity contribution in [3.8, 4) is 5.75 Å². The summed E-state index contributed by atoms with van der Waals surface area (Å²) in [4.78, 5) is 14.0. The lowest BCUT2D eigenvalue weighted by atomic mass is 10.3. The fourth-order valence-corrected chi connectivity index (χ4v) is 2.65. The number of benzene rings is 1. The molecule has 1 saturated heterocycles. The molecule has 22 heavy (non-hydrogen) atoms. The van der Waals surface area contributed by atoms with Crippen LogP contribution in [0, 0.1) is 0 Å². The van der Waals surface area contributed by atoms with Gasteiger partial charge in [-0.25, -0.2) is 0 Å². The fraction of sp³-hybridized carbons (Fsp3) is 0.312. The smallest absolute Gasteiger partial charge is 0.289 e. The van der Waals surface area contributed by atoms with Crippen molar-refractivity contribution in [2.24, 2.45) is 5.73 Å². The number of rotatable bonds is 4. The topological polar surface area (TPSA) is 68.7 Å². The van der Waals surface area contributed by atoms with Crippen molar-refractivity contribution >= 4 is 21.8 Å². The number of likely N-dealkylation sites (tertiary alicyclic amines) is 1. The monoisotopic (exact) mass is 364 g/mol. The van der Waals surface area contributed by atoms with E-state index in [0.717, 1.165) is 16.6 Å². The van der Waals surface area contributed by atoms with Gasteiger partial charge in [-0.05, 0) is 42.8 Å². The van der Waals surface area contributed by atoms with Gasteiger partial charge in [0.25, 0.3) is 5.91 Å². The molecular weight excluding hydrogens is 348 g/mol. The summed E-state index contributed by atoms with van der Waals surface area (Å²) < 4.78 is 12.2. The van der Waals surface area contributed by atoms with E-state index in [-0.39, 0.29) is 18.6 Å². The largest absolute Gasteiger partial charge is 0.486 e. The molecule has 1 aromatic carbocycles.